The van der Waals surface area contributed by atoms with Gasteiger partial charge in [-0.2, -0.15) is 0 Å². The van der Waals surface area contributed by atoms with Crippen molar-refractivity contribution in [2.75, 3.05) is 5.01 Å². The topological polar surface area (TPSA) is 67.0 Å². The number of fused-ring (bicyclic) bond motifs is 1. The molecule has 0 saturated carbocycles. The zero-order valence-corrected chi connectivity index (χ0v) is 16.1. The van der Waals surface area contributed by atoms with Crippen LogP contribution in [0.4, 0.5) is 11.5 Å². The van der Waals surface area contributed by atoms with Gasteiger partial charge in [0.15, 0.2) is 0 Å². The van der Waals surface area contributed by atoms with Crippen LogP contribution in [0, 0.1) is 0 Å². The molecule has 0 aliphatic carbocycles. The Morgan fingerprint density at radius 1 is 0.929 bits per heavy atom. The lowest BCUT2D eigenvalue weighted by Gasteiger charge is -2.18. The summed E-state index contributed by atoms with van der Waals surface area (Å²) < 4.78 is 1.57. The number of aromatic nitrogens is 2. The first kappa shape index (κ1) is 18.1. The molecule has 0 aliphatic heterocycles. The highest BCUT2D eigenvalue weighted by atomic mass is 16.1. The zero-order chi connectivity index (χ0) is 19.7. The molecule has 3 N–H and O–H groups in total. The Labute approximate surface area is 164 Å². The molecule has 3 aromatic carbocycles. The summed E-state index contributed by atoms with van der Waals surface area (Å²) in [7, 11) is 0. The van der Waals surface area contributed by atoms with Crippen LogP contribution in [0.1, 0.15) is 25.0 Å². The molecule has 1 heterocycles. The Bertz CT molecular complexity index is 1170. The van der Waals surface area contributed by atoms with Crippen molar-refractivity contribution in [1.82, 2.24) is 9.78 Å². The van der Waals surface area contributed by atoms with Crippen molar-refractivity contribution in [3.8, 4) is 5.69 Å². The summed E-state index contributed by atoms with van der Waals surface area (Å²) in [5.41, 5.74) is 3.46. The van der Waals surface area contributed by atoms with E-state index < -0.39 is 0 Å². The number of aromatic amines is 1. The molecule has 142 valence electrons. The molecule has 0 unspecified atom stereocenters. The molecule has 5 nitrogen and oxygen atoms in total. The molecule has 0 fully saturated rings. The molecule has 0 bridgehead atoms. The smallest absolute Gasteiger partial charge is 0.274 e. The van der Waals surface area contributed by atoms with Crippen LogP contribution in [-0.2, 0) is 12.8 Å². The summed E-state index contributed by atoms with van der Waals surface area (Å²) in [6, 6.07) is 22.1. The Morgan fingerprint density at radius 2 is 1.64 bits per heavy atom. The highest BCUT2D eigenvalue weighted by Gasteiger charge is 2.18. The number of rotatable bonds is 5. The van der Waals surface area contributed by atoms with E-state index in [1.807, 2.05) is 55.5 Å². The maximum atomic E-state index is 13.0. The molecule has 0 amide bonds. The second kappa shape index (κ2) is 7.37. The van der Waals surface area contributed by atoms with Gasteiger partial charge in [0.1, 0.15) is 5.82 Å². The molecule has 0 radical (unpaired) electrons. The van der Waals surface area contributed by atoms with Crippen molar-refractivity contribution in [1.29, 1.82) is 0 Å². The van der Waals surface area contributed by atoms with Crippen LogP contribution >= 0.6 is 0 Å². The molecule has 4 aromatic rings. The van der Waals surface area contributed by atoms with Crippen LogP contribution in [0.5, 0.6) is 0 Å². The fourth-order valence-corrected chi connectivity index (χ4v) is 3.50. The van der Waals surface area contributed by atoms with E-state index in [0.717, 1.165) is 28.6 Å². The van der Waals surface area contributed by atoms with Crippen LogP contribution in [0.2, 0.25) is 0 Å². The van der Waals surface area contributed by atoms with Gasteiger partial charge in [0, 0.05) is 0 Å². The van der Waals surface area contributed by atoms with Crippen LogP contribution < -0.4 is 16.4 Å². The van der Waals surface area contributed by atoms with Gasteiger partial charge in [0.2, 0.25) is 0 Å². The number of nitrogens with two attached hydrogens (primary N) is 1. The minimum Gasteiger partial charge on any atom is -0.274 e. The van der Waals surface area contributed by atoms with E-state index in [9.17, 15) is 4.79 Å². The van der Waals surface area contributed by atoms with Crippen LogP contribution in [-0.4, -0.2) is 9.78 Å². The van der Waals surface area contributed by atoms with Gasteiger partial charge in [-0.3, -0.25) is 14.9 Å². The number of hydrogen-bond acceptors (Lipinski definition) is 3. The minimum atomic E-state index is -0.0755. The molecule has 28 heavy (non-hydrogen) atoms. The molecule has 0 saturated heterocycles. The Balaban J connectivity index is 1.79. The third-order valence-electron chi connectivity index (χ3n) is 5.17. The number of hydrogen-bond donors (Lipinski definition) is 2. The van der Waals surface area contributed by atoms with Gasteiger partial charge in [-0.05, 0) is 53.4 Å². The summed E-state index contributed by atoms with van der Waals surface area (Å²) in [4.78, 5) is 13.0. The molecular weight excluding hydrogens is 348 g/mol. The largest absolute Gasteiger partial charge is 0.276 e. The number of aryl methyl sites for hydroxylation is 1. The molecule has 4 rings (SSSR count). The average Bonchev–Trinajstić information content (AvgIpc) is 3.09. The molecule has 1 aromatic heterocycles. The summed E-state index contributed by atoms with van der Waals surface area (Å²) >= 11 is 0. The third-order valence-corrected chi connectivity index (χ3v) is 5.17. The summed E-state index contributed by atoms with van der Waals surface area (Å²) in [6.07, 6.45) is 1.56. The molecule has 0 spiro atoms. The first-order valence-electron chi connectivity index (χ1n) is 9.59. The van der Waals surface area contributed by atoms with E-state index >= 15 is 0 Å². The summed E-state index contributed by atoms with van der Waals surface area (Å²) in [5, 5.41) is 6.99. The van der Waals surface area contributed by atoms with Crippen molar-refractivity contribution in [3.63, 3.8) is 0 Å². The lowest BCUT2D eigenvalue weighted by Crippen LogP contribution is -2.26. The maximum absolute atomic E-state index is 13.0. The Kier molecular flexibility index (Phi) is 4.75. The second-order valence-corrected chi connectivity index (χ2v) is 6.85. The van der Waals surface area contributed by atoms with E-state index in [2.05, 4.69) is 30.2 Å². The van der Waals surface area contributed by atoms with Gasteiger partial charge in [0.05, 0.1) is 16.9 Å². The summed E-state index contributed by atoms with van der Waals surface area (Å²) in [5.74, 6) is 7.00. The average molecular weight is 372 g/mol. The predicted molar refractivity (Wildman–Crippen MR) is 115 cm³/mol. The van der Waals surface area contributed by atoms with Crippen molar-refractivity contribution in [2.45, 2.75) is 26.7 Å². The quantitative estimate of drug-likeness (QED) is 0.402. The molecule has 5 heteroatoms. The van der Waals surface area contributed by atoms with Gasteiger partial charge in [0.25, 0.3) is 5.56 Å². The van der Waals surface area contributed by atoms with Crippen molar-refractivity contribution in [2.24, 2.45) is 5.84 Å². The highest BCUT2D eigenvalue weighted by molar-refractivity contribution is 5.84. The van der Waals surface area contributed by atoms with Crippen molar-refractivity contribution in [3.05, 3.63) is 88.2 Å². The van der Waals surface area contributed by atoms with E-state index in [0.29, 0.717) is 17.8 Å². The highest BCUT2D eigenvalue weighted by Crippen LogP contribution is 2.25. The number of hydrazine groups is 1. The second-order valence-electron chi connectivity index (χ2n) is 6.85. The number of nitrogens with zero attached hydrogens (tertiary/aromatic N) is 2. The predicted octanol–water partition coefficient (Wildman–Crippen LogP) is 4.46. The van der Waals surface area contributed by atoms with Gasteiger partial charge in [-0.25, -0.2) is 10.5 Å². The van der Waals surface area contributed by atoms with E-state index in [1.165, 1.54) is 5.56 Å². The van der Waals surface area contributed by atoms with Crippen LogP contribution in [0.25, 0.3) is 16.5 Å². The number of anilines is 2. The summed E-state index contributed by atoms with van der Waals surface area (Å²) in [6.45, 7) is 4.08. The van der Waals surface area contributed by atoms with Gasteiger partial charge in [-0.15, -0.1) is 0 Å². The normalized spacial score (nSPS) is 11.1. The number of H-pyrrole nitrogens is 1. The molecule has 0 aliphatic rings. The standard InChI is InChI=1S/C23H24N4O/c1-3-16-9-12-19(13-10-16)26(24)22-21(4-2)23(28)27(25-22)20-14-11-17-7-5-6-8-18(17)15-20/h5-15,25H,3-4,24H2,1-2H3. The van der Waals surface area contributed by atoms with Gasteiger partial charge in [-0.1, -0.05) is 56.3 Å². The fourth-order valence-electron chi connectivity index (χ4n) is 3.50. The van der Waals surface area contributed by atoms with Gasteiger partial charge < -0.3 is 0 Å². The van der Waals surface area contributed by atoms with Crippen LogP contribution in [0.15, 0.2) is 71.5 Å². The SMILES string of the molecule is CCc1ccc(N(N)c2[nH]n(-c3ccc4ccccc4c3)c(=O)c2CC)cc1. The zero-order valence-electron chi connectivity index (χ0n) is 16.1. The van der Waals surface area contributed by atoms with E-state index in [1.54, 1.807) is 9.69 Å². The van der Waals surface area contributed by atoms with Crippen molar-refractivity contribution >= 4 is 22.3 Å². The first-order chi connectivity index (χ1) is 13.6. The van der Waals surface area contributed by atoms with Gasteiger partial charge >= 0.3 is 0 Å². The monoisotopic (exact) mass is 372 g/mol. The fraction of sp³-hybridized carbons (Fsp3) is 0.174. The number of nitrogens with one attached hydrogen (secondary N) is 1. The van der Waals surface area contributed by atoms with Crippen molar-refractivity contribution < 1.29 is 0 Å². The first-order valence-corrected chi connectivity index (χ1v) is 9.59. The maximum Gasteiger partial charge on any atom is 0.276 e. The molecular formula is C23H24N4O. The van der Waals surface area contributed by atoms with E-state index in [4.69, 9.17) is 5.84 Å². The Hall–Kier alpha value is -3.31. The third kappa shape index (κ3) is 3.10. The Morgan fingerprint density at radius 3 is 2.32 bits per heavy atom. The van der Waals surface area contributed by atoms with E-state index in [-0.39, 0.29) is 5.56 Å². The lowest BCUT2D eigenvalue weighted by atomic mass is 10.1. The van der Waals surface area contributed by atoms with Crippen LogP contribution in [0.3, 0.4) is 0 Å². The lowest BCUT2D eigenvalue weighted by molar-refractivity contribution is 0.837. The number of benzene rings is 3. The molecule has 0 atom stereocenters. The minimum absolute atomic E-state index is 0.0755.